The lowest BCUT2D eigenvalue weighted by atomic mass is 9.89. The van der Waals surface area contributed by atoms with Crippen molar-refractivity contribution in [3.63, 3.8) is 0 Å². The standard InChI is InChI=1S/C15H23F/c1-9(2)12-7-13(10(3)4)15(16)14(8-12)11(5)6/h7-11H,1-6H3. The van der Waals surface area contributed by atoms with E-state index in [0.717, 1.165) is 11.1 Å². The molecule has 0 aliphatic rings. The first-order valence-corrected chi connectivity index (χ1v) is 6.17. The van der Waals surface area contributed by atoms with Gasteiger partial charge in [0.25, 0.3) is 0 Å². The fraction of sp³-hybridized carbons (Fsp3) is 0.600. The van der Waals surface area contributed by atoms with Crippen molar-refractivity contribution in [1.82, 2.24) is 0 Å². The van der Waals surface area contributed by atoms with Crippen LogP contribution in [-0.4, -0.2) is 0 Å². The molecule has 1 heteroatoms. The first-order valence-electron chi connectivity index (χ1n) is 6.17. The Balaban J connectivity index is 3.39. The molecule has 0 nitrogen and oxygen atoms in total. The van der Waals surface area contributed by atoms with Gasteiger partial charge < -0.3 is 0 Å². The fourth-order valence-electron chi connectivity index (χ4n) is 1.87. The largest absolute Gasteiger partial charge is 0.206 e. The Morgan fingerprint density at radius 1 is 0.750 bits per heavy atom. The molecule has 0 amide bonds. The summed E-state index contributed by atoms with van der Waals surface area (Å²) in [5.74, 6) is 0.942. The summed E-state index contributed by atoms with van der Waals surface area (Å²) in [6.07, 6.45) is 0. The average molecular weight is 222 g/mol. The van der Waals surface area contributed by atoms with E-state index in [4.69, 9.17) is 0 Å². The first kappa shape index (κ1) is 13.2. The van der Waals surface area contributed by atoms with Crippen molar-refractivity contribution in [3.05, 3.63) is 34.6 Å². The predicted molar refractivity (Wildman–Crippen MR) is 68.7 cm³/mol. The average Bonchev–Trinajstić information content (AvgIpc) is 2.16. The summed E-state index contributed by atoms with van der Waals surface area (Å²) < 4.78 is 14.2. The van der Waals surface area contributed by atoms with Crippen LogP contribution in [0.4, 0.5) is 4.39 Å². The molecular weight excluding hydrogens is 199 g/mol. The van der Waals surface area contributed by atoms with Crippen LogP contribution >= 0.6 is 0 Å². The molecular formula is C15H23F. The topological polar surface area (TPSA) is 0 Å². The Bertz CT molecular complexity index is 333. The summed E-state index contributed by atoms with van der Waals surface area (Å²) >= 11 is 0. The van der Waals surface area contributed by atoms with E-state index in [9.17, 15) is 4.39 Å². The summed E-state index contributed by atoms with van der Waals surface area (Å²) in [7, 11) is 0. The maximum atomic E-state index is 14.2. The second-order valence-electron chi connectivity index (χ2n) is 5.48. The van der Waals surface area contributed by atoms with Gasteiger partial charge in [-0.05, 0) is 34.4 Å². The van der Waals surface area contributed by atoms with Crippen LogP contribution in [0.5, 0.6) is 0 Å². The molecule has 0 unspecified atom stereocenters. The Labute approximate surface area is 98.9 Å². The number of halogens is 1. The van der Waals surface area contributed by atoms with E-state index < -0.39 is 0 Å². The van der Waals surface area contributed by atoms with Gasteiger partial charge in [0.2, 0.25) is 0 Å². The smallest absolute Gasteiger partial charge is 0.130 e. The minimum Gasteiger partial charge on any atom is -0.206 e. The van der Waals surface area contributed by atoms with Crippen LogP contribution in [0.2, 0.25) is 0 Å². The lowest BCUT2D eigenvalue weighted by Crippen LogP contribution is -2.04. The van der Waals surface area contributed by atoms with Crippen LogP contribution in [0, 0.1) is 5.82 Å². The van der Waals surface area contributed by atoms with Gasteiger partial charge in [-0.25, -0.2) is 4.39 Å². The highest BCUT2D eigenvalue weighted by Crippen LogP contribution is 2.30. The van der Waals surface area contributed by atoms with E-state index in [1.807, 2.05) is 39.8 Å². The lowest BCUT2D eigenvalue weighted by Gasteiger charge is -2.18. The highest BCUT2D eigenvalue weighted by Gasteiger charge is 2.16. The van der Waals surface area contributed by atoms with Gasteiger partial charge in [-0.15, -0.1) is 0 Å². The third kappa shape index (κ3) is 2.63. The minimum absolute atomic E-state index is 0.00519. The van der Waals surface area contributed by atoms with Crippen LogP contribution in [-0.2, 0) is 0 Å². The Hall–Kier alpha value is -0.850. The molecule has 1 aromatic carbocycles. The molecule has 0 atom stereocenters. The maximum absolute atomic E-state index is 14.2. The Morgan fingerprint density at radius 3 is 1.38 bits per heavy atom. The van der Waals surface area contributed by atoms with Gasteiger partial charge in [0, 0.05) is 0 Å². The van der Waals surface area contributed by atoms with Crippen LogP contribution in [0.15, 0.2) is 12.1 Å². The summed E-state index contributed by atoms with van der Waals surface area (Å²) in [5, 5.41) is 0. The van der Waals surface area contributed by atoms with Crippen molar-refractivity contribution in [2.24, 2.45) is 0 Å². The minimum atomic E-state index is -0.00519. The lowest BCUT2D eigenvalue weighted by molar-refractivity contribution is 0.570. The molecule has 0 fully saturated rings. The molecule has 0 radical (unpaired) electrons. The molecule has 16 heavy (non-hydrogen) atoms. The molecule has 0 aliphatic carbocycles. The van der Waals surface area contributed by atoms with Crippen molar-refractivity contribution >= 4 is 0 Å². The van der Waals surface area contributed by atoms with Crippen LogP contribution < -0.4 is 0 Å². The summed E-state index contributed by atoms with van der Waals surface area (Å²) in [6, 6.07) is 4.05. The van der Waals surface area contributed by atoms with E-state index >= 15 is 0 Å². The first-order chi connectivity index (χ1) is 7.34. The van der Waals surface area contributed by atoms with Gasteiger partial charge in [0.1, 0.15) is 5.82 Å². The van der Waals surface area contributed by atoms with E-state index in [-0.39, 0.29) is 17.7 Å². The molecule has 1 aromatic rings. The third-order valence-electron chi connectivity index (χ3n) is 3.06. The van der Waals surface area contributed by atoms with Crippen molar-refractivity contribution < 1.29 is 4.39 Å². The number of hydrogen-bond donors (Lipinski definition) is 0. The molecule has 90 valence electrons. The van der Waals surface area contributed by atoms with Crippen LogP contribution in [0.3, 0.4) is 0 Å². The Kier molecular flexibility index (Phi) is 4.12. The molecule has 1 rings (SSSR count). The molecule has 0 spiro atoms. The molecule has 0 aliphatic heterocycles. The van der Waals surface area contributed by atoms with E-state index in [1.54, 1.807) is 0 Å². The maximum Gasteiger partial charge on any atom is 0.130 e. The Morgan fingerprint density at radius 2 is 1.12 bits per heavy atom. The highest BCUT2D eigenvalue weighted by atomic mass is 19.1. The van der Waals surface area contributed by atoms with Crippen molar-refractivity contribution in [2.75, 3.05) is 0 Å². The zero-order chi connectivity index (χ0) is 12.5. The van der Waals surface area contributed by atoms with Gasteiger partial charge in [0.05, 0.1) is 0 Å². The molecule has 0 saturated heterocycles. The van der Waals surface area contributed by atoms with Gasteiger partial charge in [-0.2, -0.15) is 0 Å². The van der Waals surface area contributed by atoms with Crippen molar-refractivity contribution in [3.8, 4) is 0 Å². The van der Waals surface area contributed by atoms with E-state index in [1.165, 1.54) is 5.56 Å². The van der Waals surface area contributed by atoms with E-state index in [0.29, 0.717) is 5.92 Å². The highest BCUT2D eigenvalue weighted by molar-refractivity contribution is 5.36. The van der Waals surface area contributed by atoms with Crippen molar-refractivity contribution in [1.29, 1.82) is 0 Å². The second-order valence-corrected chi connectivity index (χ2v) is 5.48. The second kappa shape index (κ2) is 4.99. The molecule has 0 saturated carbocycles. The molecule has 0 heterocycles. The number of benzene rings is 1. The monoisotopic (exact) mass is 222 g/mol. The number of rotatable bonds is 3. The summed E-state index contributed by atoms with van der Waals surface area (Å²) in [6.45, 7) is 12.5. The number of hydrogen-bond acceptors (Lipinski definition) is 0. The van der Waals surface area contributed by atoms with E-state index in [2.05, 4.69) is 13.8 Å². The molecule has 0 bridgehead atoms. The van der Waals surface area contributed by atoms with Crippen LogP contribution in [0.25, 0.3) is 0 Å². The van der Waals surface area contributed by atoms with Gasteiger partial charge in [0.15, 0.2) is 0 Å². The molecule has 0 N–H and O–H groups in total. The summed E-state index contributed by atoms with van der Waals surface area (Å²) in [5.41, 5.74) is 2.96. The van der Waals surface area contributed by atoms with Gasteiger partial charge in [-0.3, -0.25) is 0 Å². The van der Waals surface area contributed by atoms with Gasteiger partial charge >= 0.3 is 0 Å². The van der Waals surface area contributed by atoms with Crippen molar-refractivity contribution in [2.45, 2.75) is 59.3 Å². The third-order valence-corrected chi connectivity index (χ3v) is 3.06. The predicted octanol–water partition coefficient (Wildman–Crippen LogP) is 5.20. The SMILES string of the molecule is CC(C)c1cc(C(C)C)c(F)c(C(C)C)c1. The zero-order valence-electron chi connectivity index (χ0n) is 11.3. The zero-order valence-corrected chi connectivity index (χ0v) is 11.3. The normalized spacial score (nSPS) is 11.9. The van der Waals surface area contributed by atoms with Gasteiger partial charge in [-0.1, -0.05) is 53.7 Å². The summed E-state index contributed by atoms with van der Waals surface area (Å²) in [4.78, 5) is 0. The fourth-order valence-corrected chi connectivity index (χ4v) is 1.87. The van der Waals surface area contributed by atoms with Crippen LogP contribution in [0.1, 0.15) is 76.0 Å². The molecule has 0 aromatic heterocycles. The quantitative estimate of drug-likeness (QED) is 0.659.